The summed E-state index contributed by atoms with van der Waals surface area (Å²) >= 11 is 0. The lowest BCUT2D eigenvalue weighted by molar-refractivity contribution is -0.142. The molecule has 0 saturated heterocycles. The zero-order valence-corrected chi connectivity index (χ0v) is 16.6. The summed E-state index contributed by atoms with van der Waals surface area (Å²) in [6, 6.07) is 11.6. The van der Waals surface area contributed by atoms with Gasteiger partial charge >= 0.3 is 0 Å². The molecular formula is C22H23F2N3O2. The van der Waals surface area contributed by atoms with Crippen molar-refractivity contribution in [1.82, 2.24) is 9.91 Å². The lowest BCUT2D eigenvalue weighted by Gasteiger charge is -2.25. The fourth-order valence-electron chi connectivity index (χ4n) is 3.38. The first-order valence-electron chi connectivity index (χ1n) is 9.43. The molecule has 0 unspecified atom stereocenters. The summed E-state index contributed by atoms with van der Waals surface area (Å²) in [4.78, 5) is 26.4. The van der Waals surface area contributed by atoms with Gasteiger partial charge < -0.3 is 4.90 Å². The van der Waals surface area contributed by atoms with Gasteiger partial charge in [-0.1, -0.05) is 50.2 Å². The predicted molar refractivity (Wildman–Crippen MR) is 106 cm³/mol. The SMILES string of the molecule is CC(C)C(=O)N(C)CC(=O)N1N=C(c2ccccc2F)C[C@@H]1c1ccccc1F. The molecule has 2 aromatic carbocycles. The highest BCUT2D eigenvalue weighted by Crippen LogP contribution is 2.34. The molecule has 152 valence electrons. The van der Waals surface area contributed by atoms with Crippen LogP contribution in [-0.2, 0) is 9.59 Å². The second-order valence-electron chi connectivity index (χ2n) is 7.36. The monoisotopic (exact) mass is 399 g/mol. The minimum Gasteiger partial charge on any atom is -0.336 e. The van der Waals surface area contributed by atoms with Crippen LogP contribution in [0.5, 0.6) is 0 Å². The molecule has 0 aromatic heterocycles. The summed E-state index contributed by atoms with van der Waals surface area (Å²) in [5.74, 6) is -1.82. The summed E-state index contributed by atoms with van der Waals surface area (Å²) in [6.45, 7) is 3.29. The zero-order chi connectivity index (χ0) is 21.1. The van der Waals surface area contributed by atoms with Crippen molar-refractivity contribution in [3.05, 3.63) is 71.3 Å². The Bertz CT molecular complexity index is 959. The van der Waals surface area contributed by atoms with E-state index in [4.69, 9.17) is 0 Å². The summed E-state index contributed by atoms with van der Waals surface area (Å²) in [7, 11) is 1.54. The highest BCUT2D eigenvalue weighted by Gasteiger charge is 2.36. The normalized spacial score (nSPS) is 16.1. The van der Waals surface area contributed by atoms with Crippen molar-refractivity contribution >= 4 is 17.5 Å². The molecule has 1 aliphatic rings. The Morgan fingerprint density at radius 3 is 2.34 bits per heavy atom. The third kappa shape index (κ3) is 4.34. The third-order valence-electron chi connectivity index (χ3n) is 4.86. The highest BCUT2D eigenvalue weighted by molar-refractivity contribution is 6.03. The smallest absolute Gasteiger partial charge is 0.262 e. The Balaban J connectivity index is 1.94. The lowest BCUT2D eigenvalue weighted by Crippen LogP contribution is -2.40. The van der Waals surface area contributed by atoms with Crippen molar-refractivity contribution < 1.29 is 18.4 Å². The molecule has 1 heterocycles. The van der Waals surface area contributed by atoms with Crippen molar-refractivity contribution in [1.29, 1.82) is 0 Å². The quantitative estimate of drug-likeness (QED) is 0.769. The zero-order valence-electron chi connectivity index (χ0n) is 16.6. The molecular weight excluding hydrogens is 376 g/mol. The first-order valence-corrected chi connectivity index (χ1v) is 9.43. The van der Waals surface area contributed by atoms with Gasteiger partial charge in [0.15, 0.2) is 0 Å². The molecule has 0 N–H and O–H groups in total. The number of hydrogen-bond donors (Lipinski definition) is 0. The van der Waals surface area contributed by atoms with Gasteiger partial charge in [-0.05, 0) is 12.1 Å². The van der Waals surface area contributed by atoms with E-state index in [0.717, 1.165) is 0 Å². The first kappa shape index (κ1) is 20.6. The summed E-state index contributed by atoms with van der Waals surface area (Å²) in [6.07, 6.45) is 0.176. The van der Waals surface area contributed by atoms with Gasteiger partial charge in [0.1, 0.15) is 18.2 Å². The lowest BCUT2D eigenvalue weighted by atomic mass is 9.97. The molecule has 29 heavy (non-hydrogen) atoms. The van der Waals surface area contributed by atoms with Gasteiger partial charge in [-0.15, -0.1) is 0 Å². The van der Waals surface area contributed by atoms with E-state index in [1.165, 1.54) is 29.1 Å². The van der Waals surface area contributed by atoms with E-state index in [1.54, 1.807) is 50.2 Å². The second-order valence-corrected chi connectivity index (χ2v) is 7.36. The van der Waals surface area contributed by atoms with Crippen LogP contribution in [0.15, 0.2) is 53.6 Å². The van der Waals surface area contributed by atoms with Crippen molar-refractivity contribution in [2.75, 3.05) is 13.6 Å². The molecule has 0 bridgehead atoms. The van der Waals surface area contributed by atoms with E-state index in [-0.39, 0.29) is 30.4 Å². The number of likely N-dealkylation sites (N-methyl/N-ethyl adjacent to an activating group) is 1. The maximum absolute atomic E-state index is 14.5. The average molecular weight is 399 g/mol. The average Bonchev–Trinajstić information content (AvgIpc) is 3.13. The number of carbonyl (C=O) groups is 2. The van der Waals surface area contributed by atoms with E-state index < -0.39 is 23.6 Å². The van der Waals surface area contributed by atoms with Crippen molar-refractivity contribution in [2.24, 2.45) is 11.0 Å². The van der Waals surface area contributed by atoms with Crippen LogP contribution in [0.2, 0.25) is 0 Å². The number of amides is 2. The van der Waals surface area contributed by atoms with Crippen LogP contribution in [0.25, 0.3) is 0 Å². The number of carbonyl (C=O) groups excluding carboxylic acids is 2. The van der Waals surface area contributed by atoms with Crippen LogP contribution in [0, 0.1) is 17.6 Å². The second kappa shape index (κ2) is 8.51. The maximum atomic E-state index is 14.5. The molecule has 2 aromatic rings. The number of hydrogen-bond acceptors (Lipinski definition) is 3. The van der Waals surface area contributed by atoms with Gasteiger partial charge in [0.2, 0.25) is 5.91 Å². The minimum atomic E-state index is -0.708. The molecule has 0 aliphatic carbocycles. The summed E-state index contributed by atoms with van der Waals surface area (Å²) < 4.78 is 28.7. The molecule has 0 spiro atoms. The van der Waals surface area contributed by atoms with Crippen molar-refractivity contribution in [3.8, 4) is 0 Å². The van der Waals surface area contributed by atoms with Crippen LogP contribution in [0.4, 0.5) is 8.78 Å². The molecule has 1 atom stereocenters. The van der Waals surface area contributed by atoms with Crippen LogP contribution < -0.4 is 0 Å². The van der Waals surface area contributed by atoms with Crippen LogP contribution in [0.1, 0.15) is 37.4 Å². The van der Waals surface area contributed by atoms with Crippen molar-refractivity contribution in [2.45, 2.75) is 26.3 Å². The van der Waals surface area contributed by atoms with Gasteiger partial charge in [0, 0.05) is 30.5 Å². The standard InChI is InChI=1S/C22H23F2N3O2/c1-14(2)22(29)26(3)13-21(28)27-20(16-9-5-7-11-18(16)24)12-19(25-27)15-8-4-6-10-17(15)23/h4-11,14,20H,12-13H2,1-3H3/t20-/m1/s1. The third-order valence-corrected chi connectivity index (χ3v) is 4.86. The van der Waals surface area contributed by atoms with Crippen molar-refractivity contribution in [3.63, 3.8) is 0 Å². The molecule has 0 fully saturated rings. The molecule has 2 amide bonds. The fraction of sp³-hybridized carbons (Fsp3) is 0.318. The molecule has 5 nitrogen and oxygen atoms in total. The largest absolute Gasteiger partial charge is 0.336 e. The van der Waals surface area contributed by atoms with E-state index in [2.05, 4.69) is 5.10 Å². The van der Waals surface area contributed by atoms with Crippen LogP contribution in [0.3, 0.4) is 0 Å². The first-order chi connectivity index (χ1) is 13.8. The predicted octanol–water partition coefficient (Wildman–Crippen LogP) is 3.76. The molecule has 3 rings (SSSR count). The number of hydrazone groups is 1. The highest BCUT2D eigenvalue weighted by atomic mass is 19.1. The van der Waals surface area contributed by atoms with Crippen LogP contribution in [-0.4, -0.2) is 41.0 Å². The topological polar surface area (TPSA) is 53.0 Å². The number of halogens is 2. The van der Waals surface area contributed by atoms with E-state index >= 15 is 0 Å². The maximum Gasteiger partial charge on any atom is 0.262 e. The Kier molecular flexibility index (Phi) is 6.06. The number of benzene rings is 2. The Hall–Kier alpha value is -3.09. The number of rotatable bonds is 5. The van der Waals surface area contributed by atoms with Gasteiger partial charge in [-0.3, -0.25) is 9.59 Å². The van der Waals surface area contributed by atoms with Gasteiger partial charge in [-0.25, -0.2) is 13.8 Å². The summed E-state index contributed by atoms with van der Waals surface area (Å²) in [5, 5.41) is 5.50. The molecule has 1 aliphatic heterocycles. The van der Waals surface area contributed by atoms with E-state index in [1.807, 2.05) is 0 Å². The fourth-order valence-corrected chi connectivity index (χ4v) is 3.38. The Morgan fingerprint density at radius 1 is 1.10 bits per heavy atom. The Labute approximate surface area is 168 Å². The molecule has 0 radical (unpaired) electrons. The summed E-state index contributed by atoms with van der Waals surface area (Å²) in [5.41, 5.74) is 0.937. The molecule has 7 heteroatoms. The number of nitrogens with zero attached hydrogens (tertiary/aromatic N) is 3. The minimum absolute atomic E-state index is 0.176. The molecule has 0 saturated carbocycles. The Morgan fingerprint density at radius 2 is 1.72 bits per heavy atom. The van der Waals surface area contributed by atoms with Gasteiger partial charge in [0.25, 0.3) is 5.91 Å². The van der Waals surface area contributed by atoms with E-state index in [9.17, 15) is 18.4 Å². The van der Waals surface area contributed by atoms with Gasteiger partial charge in [0.05, 0.1) is 11.8 Å². The van der Waals surface area contributed by atoms with Crippen LogP contribution >= 0.6 is 0 Å². The van der Waals surface area contributed by atoms with Gasteiger partial charge in [-0.2, -0.15) is 5.10 Å². The van der Waals surface area contributed by atoms with E-state index in [0.29, 0.717) is 11.3 Å².